The van der Waals surface area contributed by atoms with Crippen molar-refractivity contribution in [1.82, 2.24) is 10.0 Å². The summed E-state index contributed by atoms with van der Waals surface area (Å²) >= 11 is 0. The maximum Gasteiger partial charge on any atom is 0.215 e. The van der Waals surface area contributed by atoms with Crippen LogP contribution in [0.4, 0.5) is 0 Å². The molecule has 1 saturated heterocycles. The van der Waals surface area contributed by atoms with Crippen LogP contribution >= 0.6 is 0 Å². The molecule has 0 saturated carbocycles. The number of hydrogen-bond acceptors (Lipinski definition) is 5. The zero-order chi connectivity index (χ0) is 13.3. The Bertz CT molecular complexity index is 471. The average Bonchev–Trinajstić information content (AvgIpc) is 2.39. The molecule has 0 aromatic rings. The molecule has 1 aliphatic rings. The molecule has 2 unspecified atom stereocenters. The largest absolute Gasteiger partial charge is 0.318 e. The van der Waals surface area contributed by atoms with E-state index in [0.29, 0.717) is 13.0 Å². The summed E-state index contributed by atoms with van der Waals surface area (Å²) in [5, 5.41) is 2.20. The second kappa shape index (κ2) is 4.83. The minimum absolute atomic E-state index is 0.0480. The van der Waals surface area contributed by atoms with Gasteiger partial charge in [-0.3, -0.25) is 0 Å². The molecule has 1 fully saturated rings. The van der Waals surface area contributed by atoms with Crippen LogP contribution < -0.4 is 10.0 Å². The summed E-state index contributed by atoms with van der Waals surface area (Å²) in [7, 11) is -4.92. The molecule has 1 heterocycles. The summed E-state index contributed by atoms with van der Waals surface area (Å²) in [6, 6.07) is 0. The number of sulfonamides is 1. The summed E-state index contributed by atoms with van der Waals surface area (Å²) in [5.74, 6) is -0.0715. The van der Waals surface area contributed by atoms with Gasteiger partial charge in [0.1, 0.15) is 0 Å². The van der Waals surface area contributed by atoms with E-state index in [4.69, 9.17) is 0 Å². The third-order valence-corrected chi connectivity index (χ3v) is 6.82. The SMILES string of the molecule is CNCC(C)S(=O)(=O)NC1(C)CCS(=O)(=O)C1. The van der Waals surface area contributed by atoms with Gasteiger partial charge in [0.05, 0.1) is 16.8 Å². The quantitative estimate of drug-likeness (QED) is 0.682. The van der Waals surface area contributed by atoms with Crippen molar-refractivity contribution < 1.29 is 16.8 Å². The second-order valence-corrected chi connectivity index (χ2v) is 9.20. The molecule has 0 aliphatic carbocycles. The van der Waals surface area contributed by atoms with Crippen LogP contribution in [0.2, 0.25) is 0 Å². The van der Waals surface area contributed by atoms with Crippen LogP contribution in [0.25, 0.3) is 0 Å². The van der Waals surface area contributed by atoms with Crippen LogP contribution in [0.1, 0.15) is 20.3 Å². The number of hydrogen-bond donors (Lipinski definition) is 2. The van der Waals surface area contributed by atoms with Crippen molar-refractivity contribution in [3.8, 4) is 0 Å². The van der Waals surface area contributed by atoms with Crippen molar-refractivity contribution >= 4 is 19.9 Å². The maximum absolute atomic E-state index is 11.9. The lowest BCUT2D eigenvalue weighted by molar-refractivity contribution is 0.456. The van der Waals surface area contributed by atoms with Gasteiger partial charge >= 0.3 is 0 Å². The van der Waals surface area contributed by atoms with Gasteiger partial charge in [0.25, 0.3) is 0 Å². The van der Waals surface area contributed by atoms with Gasteiger partial charge in [0, 0.05) is 12.1 Å². The van der Waals surface area contributed by atoms with Crippen molar-refractivity contribution in [3.63, 3.8) is 0 Å². The maximum atomic E-state index is 11.9. The third-order valence-electron chi connectivity index (χ3n) is 2.91. The summed E-state index contributed by atoms with van der Waals surface area (Å²) in [6.45, 7) is 3.56. The molecule has 2 N–H and O–H groups in total. The zero-order valence-electron chi connectivity index (χ0n) is 10.4. The summed E-state index contributed by atoms with van der Waals surface area (Å²) in [6.07, 6.45) is 0.334. The molecule has 17 heavy (non-hydrogen) atoms. The number of nitrogens with one attached hydrogen (secondary N) is 2. The van der Waals surface area contributed by atoms with E-state index < -0.39 is 30.6 Å². The molecule has 1 aliphatic heterocycles. The lowest BCUT2D eigenvalue weighted by Gasteiger charge is -2.25. The van der Waals surface area contributed by atoms with E-state index in [0.717, 1.165) is 0 Å². The third kappa shape index (κ3) is 3.90. The Morgan fingerprint density at radius 2 is 2.00 bits per heavy atom. The molecular weight excluding hydrogens is 264 g/mol. The van der Waals surface area contributed by atoms with Crippen molar-refractivity contribution in [2.75, 3.05) is 25.1 Å². The summed E-state index contributed by atoms with van der Waals surface area (Å²) < 4.78 is 49.2. The van der Waals surface area contributed by atoms with Crippen molar-refractivity contribution in [3.05, 3.63) is 0 Å². The molecule has 0 radical (unpaired) electrons. The van der Waals surface area contributed by atoms with Crippen LogP contribution in [0.3, 0.4) is 0 Å². The topological polar surface area (TPSA) is 92.3 Å². The minimum Gasteiger partial charge on any atom is -0.318 e. The Balaban J connectivity index is 2.78. The average molecular weight is 284 g/mol. The van der Waals surface area contributed by atoms with Crippen molar-refractivity contribution in [1.29, 1.82) is 0 Å². The van der Waals surface area contributed by atoms with Gasteiger partial charge in [-0.2, -0.15) is 0 Å². The Morgan fingerprint density at radius 1 is 1.41 bits per heavy atom. The van der Waals surface area contributed by atoms with Crippen LogP contribution in [-0.4, -0.2) is 52.7 Å². The molecule has 0 amide bonds. The normalized spacial score (nSPS) is 30.3. The van der Waals surface area contributed by atoms with Gasteiger partial charge in [-0.15, -0.1) is 0 Å². The smallest absolute Gasteiger partial charge is 0.215 e. The first kappa shape index (κ1) is 14.9. The van der Waals surface area contributed by atoms with E-state index in [1.54, 1.807) is 20.9 Å². The van der Waals surface area contributed by atoms with E-state index in [-0.39, 0.29) is 11.5 Å². The summed E-state index contributed by atoms with van der Waals surface area (Å²) in [5.41, 5.74) is -0.861. The minimum atomic E-state index is -3.49. The number of sulfone groups is 1. The van der Waals surface area contributed by atoms with E-state index in [9.17, 15) is 16.8 Å². The van der Waals surface area contributed by atoms with Crippen LogP contribution in [-0.2, 0) is 19.9 Å². The Kier molecular flexibility index (Phi) is 4.23. The van der Waals surface area contributed by atoms with Crippen molar-refractivity contribution in [2.45, 2.75) is 31.1 Å². The van der Waals surface area contributed by atoms with Gasteiger partial charge in [-0.05, 0) is 27.3 Å². The fraction of sp³-hybridized carbons (Fsp3) is 1.00. The zero-order valence-corrected chi connectivity index (χ0v) is 12.0. The van der Waals surface area contributed by atoms with Gasteiger partial charge < -0.3 is 5.32 Å². The van der Waals surface area contributed by atoms with Crippen LogP contribution in [0.5, 0.6) is 0 Å². The standard InChI is InChI=1S/C9H20N2O4S2/c1-8(6-10-3)17(14,15)11-9(2)4-5-16(12,13)7-9/h8,10-11H,4-7H2,1-3H3. The number of rotatable bonds is 5. The monoisotopic (exact) mass is 284 g/mol. The Morgan fingerprint density at radius 3 is 2.41 bits per heavy atom. The fourth-order valence-corrected chi connectivity index (χ4v) is 5.57. The van der Waals surface area contributed by atoms with E-state index in [2.05, 4.69) is 10.0 Å². The first-order chi connectivity index (χ1) is 7.60. The first-order valence-corrected chi connectivity index (χ1v) is 8.85. The van der Waals surface area contributed by atoms with E-state index in [1.165, 1.54) is 0 Å². The highest BCUT2D eigenvalue weighted by atomic mass is 32.2. The van der Waals surface area contributed by atoms with Gasteiger partial charge in [-0.1, -0.05) is 0 Å². The Labute approximate surface area is 103 Å². The second-order valence-electron chi connectivity index (χ2n) is 4.92. The van der Waals surface area contributed by atoms with E-state index in [1.807, 2.05) is 0 Å². The molecule has 1 rings (SSSR count). The molecule has 0 spiro atoms. The molecule has 0 aromatic carbocycles. The molecule has 102 valence electrons. The lowest BCUT2D eigenvalue weighted by Crippen LogP contribution is -2.51. The van der Waals surface area contributed by atoms with Gasteiger partial charge in [-0.25, -0.2) is 21.6 Å². The highest BCUT2D eigenvalue weighted by molar-refractivity contribution is 7.92. The lowest BCUT2D eigenvalue weighted by atomic mass is 10.0. The molecule has 0 aromatic heterocycles. The molecule has 2 atom stereocenters. The predicted octanol–water partition coefficient (Wildman–Crippen LogP) is -0.909. The molecular formula is C9H20N2O4S2. The Hall–Kier alpha value is -0.180. The van der Waals surface area contributed by atoms with E-state index >= 15 is 0 Å². The van der Waals surface area contributed by atoms with Gasteiger partial charge in [0.2, 0.25) is 10.0 Å². The molecule has 0 bridgehead atoms. The fourth-order valence-electron chi connectivity index (χ4n) is 1.93. The van der Waals surface area contributed by atoms with Crippen LogP contribution in [0.15, 0.2) is 0 Å². The summed E-state index contributed by atoms with van der Waals surface area (Å²) in [4.78, 5) is 0. The van der Waals surface area contributed by atoms with Gasteiger partial charge in [0.15, 0.2) is 9.84 Å². The highest BCUT2D eigenvalue weighted by Gasteiger charge is 2.41. The highest BCUT2D eigenvalue weighted by Crippen LogP contribution is 2.24. The van der Waals surface area contributed by atoms with Crippen LogP contribution in [0, 0.1) is 0 Å². The first-order valence-electron chi connectivity index (χ1n) is 5.48. The van der Waals surface area contributed by atoms with Crippen molar-refractivity contribution in [2.24, 2.45) is 0 Å². The predicted molar refractivity (Wildman–Crippen MR) is 67.1 cm³/mol. The molecule has 6 nitrogen and oxygen atoms in total. The molecule has 8 heteroatoms.